The molecule has 1 aromatic rings. The van der Waals surface area contributed by atoms with Crippen molar-refractivity contribution in [2.24, 2.45) is 0 Å². The van der Waals surface area contributed by atoms with E-state index < -0.39 is 12.6 Å². The maximum Gasteiger partial charge on any atom is 0.387 e. The van der Waals surface area contributed by atoms with Gasteiger partial charge < -0.3 is 9.47 Å². The molecule has 0 amide bonds. The van der Waals surface area contributed by atoms with Gasteiger partial charge in [-0.25, -0.2) is 0 Å². The molecule has 1 rings (SSSR count). The molecular formula is C13H13F2NO3. The summed E-state index contributed by atoms with van der Waals surface area (Å²) in [4.78, 5) is 11.2. The molecule has 0 unspecified atom stereocenters. The first kappa shape index (κ1) is 14.9. The van der Waals surface area contributed by atoms with E-state index in [0.29, 0.717) is 12.0 Å². The van der Waals surface area contributed by atoms with Crippen LogP contribution in [0.3, 0.4) is 0 Å². The van der Waals surface area contributed by atoms with Crippen LogP contribution >= 0.6 is 0 Å². The minimum atomic E-state index is -3.02. The van der Waals surface area contributed by atoms with Crippen molar-refractivity contribution in [1.29, 1.82) is 5.26 Å². The number of aryl methyl sites for hydroxylation is 1. The monoisotopic (exact) mass is 269 g/mol. The van der Waals surface area contributed by atoms with Crippen molar-refractivity contribution in [3.63, 3.8) is 0 Å². The molecule has 0 N–H and O–H groups in total. The highest BCUT2D eigenvalue weighted by Crippen LogP contribution is 2.26. The normalized spacial score (nSPS) is 10.1. The van der Waals surface area contributed by atoms with E-state index in [1.807, 2.05) is 13.0 Å². The summed E-state index contributed by atoms with van der Waals surface area (Å²) in [5.41, 5.74) is 1.21. The Labute approximate surface area is 109 Å². The van der Waals surface area contributed by atoms with Crippen LogP contribution in [0.2, 0.25) is 0 Å². The molecule has 1 aromatic carbocycles. The smallest absolute Gasteiger partial charge is 0.387 e. The lowest BCUT2D eigenvalue weighted by Crippen LogP contribution is -2.10. The third kappa shape index (κ3) is 3.91. The van der Waals surface area contributed by atoms with Gasteiger partial charge in [0.25, 0.3) is 0 Å². The molecule has 0 heterocycles. The first-order valence-electron chi connectivity index (χ1n) is 5.59. The van der Waals surface area contributed by atoms with Gasteiger partial charge in [0, 0.05) is 5.56 Å². The van der Waals surface area contributed by atoms with E-state index in [2.05, 4.69) is 9.47 Å². The SMILES string of the molecule is CCc1cc(CC(=O)OC)c(OC(F)F)cc1C#N. The molecule has 6 heteroatoms. The molecule has 4 nitrogen and oxygen atoms in total. The van der Waals surface area contributed by atoms with Crippen LogP contribution < -0.4 is 4.74 Å². The number of benzene rings is 1. The summed E-state index contributed by atoms with van der Waals surface area (Å²) in [6.45, 7) is -1.19. The number of ether oxygens (including phenoxy) is 2. The Balaban J connectivity index is 3.23. The van der Waals surface area contributed by atoms with Crippen molar-refractivity contribution in [3.8, 4) is 11.8 Å². The second-order valence-corrected chi connectivity index (χ2v) is 3.71. The fraction of sp³-hybridized carbons (Fsp3) is 0.385. The Kier molecular flexibility index (Phi) is 5.24. The van der Waals surface area contributed by atoms with E-state index >= 15 is 0 Å². The molecule has 0 aliphatic carbocycles. The van der Waals surface area contributed by atoms with Gasteiger partial charge in [-0.3, -0.25) is 4.79 Å². The van der Waals surface area contributed by atoms with Crippen LogP contribution in [0.15, 0.2) is 12.1 Å². The van der Waals surface area contributed by atoms with Crippen LogP contribution in [0.1, 0.15) is 23.6 Å². The first-order valence-corrected chi connectivity index (χ1v) is 5.59. The van der Waals surface area contributed by atoms with Crippen LogP contribution in [0, 0.1) is 11.3 Å². The number of hydrogen-bond donors (Lipinski definition) is 0. The Morgan fingerprint density at radius 3 is 2.58 bits per heavy atom. The molecule has 0 aliphatic heterocycles. The Morgan fingerprint density at radius 1 is 1.42 bits per heavy atom. The first-order chi connectivity index (χ1) is 9.01. The standard InChI is InChI=1S/C13H13F2NO3/c1-3-8-4-9(6-12(17)18-2)11(19-13(14)15)5-10(8)7-16/h4-5,13H,3,6H2,1-2H3. The molecule has 0 fully saturated rings. The highest BCUT2D eigenvalue weighted by Gasteiger charge is 2.16. The number of carbonyl (C=O) groups is 1. The average molecular weight is 269 g/mol. The van der Waals surface area contributed by atoms with Crippen molar-refractivity contribution >= 4 is 5.97 Å². The molecular weight excluding hydrogens is 256 g/mol. The quantitative estimate of drug-likeness (QED) is 0.770. The summed E-state index contributed by atoms with van der Waals surface area (Å²) in [5.74, 6) is -0.736. The predicted molar refractivity (Wildman–Crippen MR) is 62.9 cm³/mol. The maximum atomic E-state index is 12.3. The largest absolute Gasteiger partial charge is 0.469 e. The number of nitriles is 1. The fourth-order valence-electron chi connectivity index (χ4n) is 1.64. The lowest BCUT2D eigenvalue weighted by molar-refractivity contribution is -0.139. The van der Waals surface area contributed by atoms with Crippen molar-refractivity contribution < 1.29 is 23.0 Å². The molecule has 0 radical (unpaired) electrons. The van der Waals surface area contributed by atoms with Gasteiger partial charge in [-0.2, -0.15) is 14.0 Å². The van der Waals surface area contributed by atoms with E-state index in [1.165, 1.54) is 19.2 Å². The van der Waals surface area contributed by atoms with Gasteiger partial charge in [-0.05, 0) is 18.1 Å². The molecule has 0 spiro atoms. The molecule has 19 heavy (non-hydrogen) atoms. The highest BCUT2D eigenvalue weighted by molar-refractivity contribution is 5.73. The van der Waals surface area contributed by atoms with E-state index in [-0.39, 0.29) is 23.3 Å². The lowest BCUT2D eigenvalue weighted by atomic mass is 10.00. The van der Waals surface area contributed by atoms with Crippen molar-refractivity contribution in [1.82, 2.24) is 0 Å². The zero-order chi connectivity index (χ0) is 14.4. The van der Waals surface area contributed by atoms with Gasteiger partial charge in [0.15, 0.2) is 0 Å². The van der Waals surface area contributed by atoms with Crippen LogP contribution in [0.4, 0.5) is 8.78 Å². The van der Waals surface area contributed by atoms with Gasteiger partial charge in [0.2, 0.25) is 0 Å². The fourth-order valence-corrected chi connectivity index (χ4v) is 1.64. The number of nitrogens with zero attached hydrogens (tertiary/aromatic N) is 1. The second-order valence-electron chi connectivity index (χ2n) is 3.71. The summed E-state index contributed by atoms with van der Waals surface area (Å²) < 4.78 is 33.5. The molecule has 0 bridgehead atoms. The Hall–Kier alpha value is -2.16. The predicted octanol–water partition coefficient (Wildman–Crippen LogP) is 2.44. The zero-order valence-electron chi connectivity index (χ0n) is 10.6. The minimum absolute atomic E-state index is 0.172. The summed E-state index contributed by atoms with van der Waals surface area (Å²) in [7, 11) is 1.21. The maximum absolute atomic E-state index is 12.3. The number of carbonyl (C=O) groups excluding carboxylic acids is 1. The second kappa shape index (κ2) is 6.69. The zero-order valence-corrected chi connectivity index (χ0v) is 10.6. The number of alkyl halides is 2. The van der Waals surface area contributed by atoms with Crippen LogP contribution in [0.25, 0.3) is 0 Å². The van der Waals surface area contributed by atoms with Crippen LogP contribution in [-0.4, -0.2) is 19.7 Å². The van der Waals surface area contributed by atoms with Gasteiger partial charge in [0.1, 0.15) is 5.75 Å². The summed E-state index contributed by atoms with van der Waals surface area (Å²) in [6.07, 6.45) is 0.364. The third-order valence-corrected chi connectivity index (χ3v) is 2.57. The summed E-state index contributed by atoms with van der Waals surface area (Å²) >= 11 is 0. The summed E-state index contributed by atoms with van der Waals surface area (Å²) in [5, 5.41) is 8.94. The number of halogens is 2. The van der Waals surface area contributed by atoms with E-state index in [9.17, 15) is 13.6 Å². The molecule has 0 atom stereocenters. The van der Waals surface area contributed by atoms with Gasteiger partial charge in [0.05, 0.1) is 25.2 Å². The van der Waals surface area contributed by atoms with Gasteiger partial charge >= 0.3 is 12.6 Å². The van der Waals surface area contributed by atoms with Crippen LogP contribution in [0.5, 0.6) is 5.75 Å². The third-order valence-electron chi connectivity index (χ3n) is 2.57. The minimum Gasteiger partial charge on any atom is -0.469 e. The van der Waals surface area contributed by atoms with E-state index in [1.54, 1.807) is 0 Å². The van der Waals surface area contributed by atoms with Crippen molar-refractivity contribution in [3.05, 3.63) is 28.8 Å². The Morgan fingerprint density at radius 2 is 2.11 bits per heavy atom. The molecule has 0 aromatic heterocycles. The lowest BCUT2D eigenvalue weighted by Gasteiger charge is -2.13. The molecule has 0 saturated carbocycles. The van der Waals surface area contributed by atoms with Gasteiger partial charge in [-0.15, -0.1) is 0 Å². The van der Waals surface area contributed by atoms with E-state index in [4.69, 9.17) is 5.26 Å². The highest BCUT2D eigenvalue weighted by atomic mass is 19.3. The van der Waals surface area contributed by atoms with Crippen molar-refractivity contribution in [2.75, 3.05) is 7.11 Å². The number of rotatable bonds is 5. The summed E-state index contributed by atoms with van der Waals surface area (Å²) in [6, 6.07) is 4.66. The molecule has 0 saturated heterocycles. The van der Waals surface area contributed by atoms with E-state index in [0.717, 1.165) is 0 Å². The Bertz CT molecular complexity index is 509. The van der Waals surface area contributed by atoms with Crippen LogP contribution in [-0.2, 0) is 22.4 Å². The average Bonchev–Trinajstić information content (AvgIpc) is 2.39. The number of hydrogen-bond acceptors (Lipinski definition) is 4. The topological polar surface area (TPSA) is 59.3 Å². The molecule has 102 valence electrons. The van der Waals surface area contributed by atoms with Crippen molar-refractivity contribution in [2.45, 2.75) is 26.4 Å². The number of esters is 1. The number of methoxy groups -OCH3 is 1. The van der Waals surface area contributed by atoms with Gasteiger partial charge in [-0.1, -0.05) is 13.0 Å². The molecule has 0 aliphatic rings.